The number of rotatable bonds is 4. The van der Waals surface area contributed by atoms with Gasteiger partial charge in [-0.05, 0) is 31.0 Å². The summed E-state index contributed by atoms with van der Waals surface area (Å²) >= 11 is 0. The molecule has 0 aliphatic carbocycles. The summed E-state index contributed by atoms with van der Waals surface area (Å²) in [6.45, 7) is 1.66. The predicted octanol–water partition coefficient (Wildman–Crippen LogP) is 1.24. The zero-order valence-corrected chi connectivity index (χ0v) is 11.0. The average Bonchev–Trinajstić information content (AvgIpc) is 2.40. The zero-order chi connectivity index (χ0) is 13.7. The highest BCUT2D eigenvalue weighted by molar-refractivity contribution is 5.94. The molecule has 104 valence electrons. The third-order valence-electron chi connectivity index (χ3n) is 2.89. The van der Waals surface area contributed by atoms with Crippen molar-refractivity contribution in [1.29, 1.82) is 0 Å². The van der Waals surface area contributed by atoms with Crippen molar-refractivity contribution in [2.24, 2.45) is 0 Å². The van der Waals surface area contributed by atoms with Crippen LogP contribution in [0.1, 0.15) is 12.8 Å². The molecular formula is C13H19N3O3. The Balaban J connectivity index is 1.95. The summed E-state index contributed by atoms with van der Waals surface area (Å²) in [5, 5.41) is 4.46. The van der Waals surface area contributed by atoms with Crippen molar-refractivity contribution >= 4 is 17.3 Å². The Morgan fingerprint density at radius 2 is 2.37 bits per heavy atom. The van der Waals surface area contributed by atoms with Gasteiger partial charge in [0.2, 0.25) is 5.91 Å². The van der Waals surface area contributed by atoms with Crippen LogP contribution < -0.4 is 15.8 Å². The minimum absolute atomic E-state index is 0.147. The molecule has 0 radical (unpaired) electrons. The van der Waals surface area contributed by atoms with Crippen LogP contribution in [0.2, 0.25) is 0 Å². The minimum atomic E-state index is -0.147. The van der Waals surface area contributed by atoms with Gasteiger partial charge < -0.3 is 15.8 Å². The summed E-state index contributed by atoms with van der Waals surface area (Å²) in [5.74, 6) is 0.438. The molecule has 1 fully saturated rings. The quantitative estimate of drug-likeness (QED) is 0.801. The van der Waals surface area contributed by atoms with E-state index in [2.05, 4.69) is 5.32 Å². The monoisotopic (exact) mass is 265 g/mol. The molecule has 1 amide bonds. The molecule has 1 aliphatic rings. The van der Waals surface area contributed by atoms with Gasteiger partial charge in [0.15, 0.2) is 0 Å². The smallest absolute Gasteiger partial charge is 0.241 e. The molecule has 1 aromatic rings. The van der Waals surface area contributed by atoms with E-state index in [0.717, 1.165) is 19.4 Å². The van der Waals surface area contributed by atoms with Crippen LogP contribution in [0.15, 0.2) is 18.2 Å². The number of anilines is 2. The molecule has 1 aromatic carbocycles. The standard InChI is InChI=1S/C13H19N3O3/c1-18-12-5-4-10(14)8-11(12)15-13(17)9-16-6-2-3-7-19-16/h4-5,8H,2-3,6-7,9,14H2,1H3,(H,15,17). The molecule has 6 heteroatoms. The normalized spacial score (nSPS) is 16.1. The Labute approximate surface area is 112 Å². The Morgan fingerprint density at radius 1 is 1.53 bits per heavy atom. The number of hydrogen-bond acceptors (Lipinski definition) is 5. The fourth-order valence-corrected chi connectivity index (χ4v) is 1.95. The molecule has 0 aromatic heterocycles. The van der Waals surface area contributed by atoms with Crippen LogP contribution >= 0.6 is 0 Å². The zero-order valence-electron chi connectivity index (χ0n) is 11.0. The summed E-state index contributed by atoms with van der Waals surface area (Å²) in [6.07, 6.45) is 2.09. The highest BCUT2D eigenvalue weighted by Gasteiger charge is 2.16. The number of ether oxygens (including phenoxy) is 1. The Kier molecular flexibility index (Phi) is 4.59. The van der Waals surface area contributed by atoms with Crippen LogP contribution in [-0.2, 0) is 9.63 Å². The van der Waals surface area contributed by atoms with Crippen molar-refractivity contribution in [3.63, 3.8) is 0 Å². The predicted molar refractivity (Wildman–Crippen MR) is 72.8 cm³/mol. The number of nitrogen functional groups attached to an aromatic ring is 1. The Hall–Kier alpha value is -1.79. The number of carbonyl (C=O) groups excluding carboxylic acids is 1. The number of methoxy groups -OCH3 is 1. The van der Waals surface area contributed by atoms with Crippen molar-refractivity contribution < 1.29 is 14.4 Å². The first kappa shape index (κ1) is 13.6. The van der Waals surface area contributed by atoms with Gasteiger partial charge in [0.25, 0.3) is 0 Å². The topological polar surface area (TPSA) is 76.8 Å². The van der Waals surface area contributed by atoms with E-state index in [1.165, 1.54) is 0 Å². The van der Waals surface area contributed by atoms with Gasteiger partial charge >= 0.3 is 0 Å². The molecule has 1 aliphatic heterocycles. The molecule has 19 heavy (non-hydrogen) atoms. The lowest BCUT2D eigenvalue weighted by Gasteiger charge is -2.25. The van der Waals surface area contributed by atoms with Gasteiger partial charge in [-0.3, -0.25) is 9.63 Å². The second-order valence-corrected chi connectivity index (χ2v) is 4.41. The molecule has 6 nitrogen and oxygen atoms in total. The maximum absolute atomic E-state index is 11.9. The number of hydrogen-bond donors (Lipinski definition) is 2. The van der Waals surface area contributed by atoms with Crippen LogP contribution in [0, 0.1) is 0 Å². The molecule has 0 saturated carbocycles. The van der Waals surface area contributed by atoms with Crippen LogP contribution in [0.4, 0.5) is 11.4 Å². The first-order valence-electron chi connectivity index (χ1n) is 6.30. The van der Waals surface area contributed by atoms with Crippen molar-refractivity contribution in [1.82, 2.24) is 5.06 Å². The summed E-state index contributed by atoms with van der Waals surface area (Å²) in [6, 6.07) is 5.12. The van der Waals surface area contributed by atoms with Crippen molar-refractivity contribution in [3.8, 4) is 5.75 Å². The van der Waals surface area contributed by atoms with E-state index in [4.69, 9.17) is 15.3 Å². The van der Waals surface area contributed by atoms with Gasteiger partial charge in [-0.15, -0.1) is 0 Å². The second kappa shape index (κ2) is 6.40. The lowest BCUT2D eigenvalue weighted by Crippen LogP contribution is -2.37. The van der Waals surface area contributed by atoms with Crippen LogP contribution in [0.5, 0.6) is 5.75 Å². The van der Waals surface area contributed by atoms with E-state index in [-0.39, 0.29) is 12.5 Å². The highest BCUT2D eigenvalue weighted by Crippen LogP contribution is 2.26. The number of amides is 1. The fourth-order valence-electron chi connectivity index (χ4n) is 1.95. The maximum atomic E-state index is 11.9. The molecular weight excluding hydrogens is 246 g/mol. The van der Waals surface area contributed by atoms with Crippen LogP contribution in [0.25, 0.3) is 0 Å². The summed E-state index contributed by atoms with van der Waals surface area (Å²) in [5.41, 5.74) is 6.85. The molecule has 3 N–H and O–H groups in total. The number of nitrogens with zero attached hydrogens (tertiary/aromatic N) is 1. The number of carbonyl (C=O) groups is 1. The lowest BCUT2D eigenvalue weighted by molar-refractivity contribution is -0.182. The van der Waals surface area contributed by atoms with E-state index >= 15 is 0 Å². The summed E-state index contributed by atoms with van der Waals surface area (Å²) in [4.78, 5) is 17.3. The van der Waals surface area contributed by atoms with Crippen molar-refractivity contribution in [2.45, 2.75) is 12.8 Å². The van der Waals surface area contributed by atoms with E-state index in [1.54, 1.807) is 30.4 Å². The van der Waals surface area contributed by atoms with Gasteiger partial charge in [-0.25, -0.2) is 0 Å². The largest absolute Gasteiger partial charge is 0.495 e. The number of benzene rings is 1. The summed E-state index contributed by atoms with van der Waals surface area (Å²) in [7, 11) is 1.55. The Morgan fingerprint density at radius 3 is 3.05 bits per heavy atom. The SMILES string of the molecule is COc1ccc(N)cc1NC(=O)CN1CCCCO1. The fraction of sp³-hybridized carbons (Fsp3) is 0.462. The molecule has 0 atom stereocenters. The average molecular weight is 265 g/mol. The number of nitrogens with two attached hydrogens (primary N) is 1. The molecule has 0 bridgehead atoms. The van der Waals surface area contributed by atoms with E-state index < -0.39 is 0 Å². The molecule has 0 unspecified atom stereocenters. The molecule has 1 saturated heterocycles. The van der Waals surface area contributed by atoms with Gasteiger partial charge in [0.1, 0.15) is 12.3 Å². The van der Waals surface area contributed by atoms with Crippen molar-refractivity contribution in [3.05, 3.63) is 18.2 Å². The van der Waals surface area contributed by atoms with Crippen LogP contribution in [0.3, 0.4) is 0 Å². The van der Waals surface area contributed by atoms with E-state index in [0.29, 0.717) is 23.7 Å². The third-order valence-corrected chi connectivity index (χ3v) is 2.89. The van der Waals surface area contributed by atoms with Gasteiger partial charge in [0.05, 0.1) is 19.4 Å². The number of nitrogens with one attached hydrogen (secondary N) is 1. The maximum Gasteiger partial charge on any atom is 0.241 e. The van der Waals surface area contributed by atoms with Gasteiger partial charge in [-0.1, -0.05) is 0 Å². The van der Waals surface area contributed by atoms with E-state index in [9.17, 15) is 4.79 Å². The lowest BCUT2D eigenvalue weighted by atomic mass is 10.2. The second-order valence-electron chi connectivity index (χ2n) is 4.41. The van der Waals surface area contributed by atoms with Crippen molar-refractivity contribution in [2.75, 3.05) is 37.9 Å². The molecule has 1 heterocycles. The van der Waals surface area contributed by atoms with Gasteiger partial charge in [0, 0.05) is 12.2 Å². The number of hydroxylamine groups is 2. The highest BCUT2D eigenvalue weighted by atomic mass is 16.7. The molecule has 0 spiro atoms. The first-order chi connectivity index (χ1) is 9.19. The van der Waals surface area contributed by atoms with E-state index in [1.807, 2.05) is 0 Å². The third kappa shape index (κ3) is 3.84. The first-order valence-corrected chi connectivity index (χ1v) is 6.30. The van der Waals surface area contributed by atoms with Crippen LogP contribution in [-0.4, -0.2) is 37.8 Å². The molecule has 2 rings (SSSR count). The minimum Gasteiger partial charge on any atom is -0.495 e. The Bertz CT molecular complexity index is 445. The van der Waals surface area contributed by atoms with Gasteiger partial charge in [-0.2, -0.15) is 5.06 Å². The summed E-state index contributed by atoms with van der Waals surface area (Å²) < 4.78 is 5.18.